The molecule has 414 valence electrons. The first-order chi connectivity index (χ1) is 34.4. The van der Waals surface area contributed by atoms with Crippen LogP contribution in [-0.2, 0) is 52.2 Å². The third kappa shape index (κ3) is 15.6. The van der Waals surface area contributed by atoms with Crippen molar-refractivity contribution in [1.82, 2.24) is 4.90 Å². The van der Waals surface area contributed by atoms with Crippen LogP contribution in [0.25, 0.3) is 0 Å². The molecule has 4 aliphatic heterocycles. The number of aliphatic hydroxyl groups excluding tert-OH is 4. The van der Waals surface area contributed by atoms with Gasteiger partial charge in [0.15, 0.2) is 24.7 Å². The van der Waals surface area contributed by atoms with Gasteiger partial charge in [0.25, 0.3) is 5.69 Å². The Labute approximate surface area is 429 Å². The van der Waals surface area contributed by atoms with Gasteiger partial charge >= 0.3 is 5.97 Å². The van der Waals surface area contributed by atoms with Gasteiger partial charge in [-0.25, -0.2) is 0 Å². The predicted octanol–water partition coefficient (Wildman–Crippen LogP) is 3.62. The molecule has 21 atom stereocenters. The number of nitrogens with zero attached hydrogens (tertiary/aromatic N) is 2. The number of nitro benzene ring substituents is 1. The highest BCUT2D eigenvalue weighted by Gasteiger charge is 2.52. The second kappa shape index (κ2) is 27.0. The summed E-state index contributed by atoms with van der Waals surface area (Å²) >= 11 is 0. The number of nitro groups is 1. The number of benzene rings is 1. The fourth-order valence-electron chi connectivity index (χ4n) is 10.4. The fraction of sp³-hybridized carbons (Fsp3) is 0.769. The number of cyclic esters (lactones) is 1. The zero-order valence-corrected chi connectivity index (χ0v) is 44.4. The molecule has 0 aromatic heterocycles. The van der Waals surface area contributed by atoms with E-state index in [9.17, 15) is 45.2 Å². The van der Waals surface area contributed by atoms with Crippen molar-refractivity contribution in [3.05, 3.63) is 58.2 Å². The summed E-state index contributed by atoms with van der Waals surface area (Å²) in [6.07, 6.45) is -9.21. The molecule has 4 heterocycles. The first-order valence-corrected chi connectivity index (χ1v) is 25.4. The maximum Gasteiger partial charge on any atom is 0.308 e. The minimum absolute atomic E-state index is 0.0255. The summed E-state index contributed by atoms with van der Waals surface area (Å²) in [5.74, 6) is -3.21. The molecule has 0 radical (unpaired) electrons. The summed E-state index contributed by atoms with van der Waals surface area (Å²) < 4.78 is 61.4. The first-order valence-electron chi connectivity index (χ1n) is 25.4. The average Bonchev–Trinajstić information content (AvgIpc) is 3.33. The Balaban J connectivity index is 1.47. The van der Waals surface area contributed by atoms with Crippen LogP contribution in [0, 0.1) is 33.8 Å². The standard InChI is InChI=1S/C52H82N2O19/c1-13-39-34(26-67-51-48(65-12)47(64-11)43(58)30(5)69-51)22-27(2)14-19-37(55)28(3)23-33(20-21-66-36-17-15-35(16-18-36)54(62)63)45(29(4)38(56)24-40(57)71-39)73-50-44(59)42(53(9)10)46(31(6)70-50)72-41-25-52(8,61)49(60)32(7)68-41/h14-19,22,28-34,38-39,41-51,56,58-61H,13,20-21,23-26H2,1-12H3/b19-14+,27-22+/t28-,29+,30-,31-,32+,33+,34-,38-,39-,41+,42-,43-,44-,45-,46-,47-,48-,49+,50+,51-,52-/m1/s1. The number of carbonyl (C=O) groups excluding carboxylic acids is 2. The zero-order chi connectivity index (χ0) is 54.1. The topological polar surface area (TPSA) is 274 Å². The molecule has 0 aliphatic carbocycles. The van der Waals surface area contributed by atoms with Crippen LogP contribution in [0.5, 0.6) is 5.75 Å². The Morgan fingerprint density at radius 2 is 1.51 bits per heavy atom. The van der Waals surface area contributed by atoms with E-state index in [4.69, 9.17) is 47.4 Å². The van der Waals surface area contributed by atoms with Crippen molar-refractivity contribution in [3.63, 3.8) is 0 Å². The molecule has 0 unspecified atom stereocenters. The van der Waals surface area contributed by atoms with Crippen LogP contribution in [0.2, 0.25) is 0 Å². The van der Waals surface area contributed by atoms with Gasteiger partial charge in [-0.2, -0.15) is 0 Å². The molecular formula is C52H82N2O19. The van der Waals surface area contributed by atoms with Gasteiger partial charge in [0, 0.05) is 50.5 Å². The van der Waals surface area contributed by atoms with E-state index in [-0.39, 0.29) is 43.9 Å². The van der Waals surface area contributed by atoms with Gasteiger partial charge in [-0.3, -0.25) is 19.7 Å². The van der Waals surface area contributed by atoms with E-state index in [0.717, 1.165) is 0 Å². The van der Waals surface area contributed by atoms with Crippen LogP contribution in [0.4, 0.5) is 5.69 Å². The number of hydrogen-bond acceptors (Lipinski definition) is 20. The Hall–Kier alpha value is -3.52. The number of ether oxygens (including phenoxy) is 10. The van der Waals surface area contributed by atoms with Crippen molar-refractivity contribution in [2.45, 2.75) is 191 Å². The van der Waals surface area contributed by atoms with Crippen molar-refractivity contribution in [1.29, 1.82) is 0 Å². The van der Waals surface area contributed by atoms with Gasteiger partial charge in [-0.1, -0.05) is 38.5 Å². The molecule has 21 heteroatoms. The smallest absolute Gasteiger partial charge is 0.308 e. The summed E-state index contributed by atoms with van der Waals surface area (Å²) in [4.78, 5) is 40.7. The molecule has 1 aromatic carbocycles. The number of likely N-dealkylation sites (N-methyl/N-ethyl adjacent to an activating group) is 1. The summed E-state index contributed by atoms with van der Waals surface area (Å²) in [7, 11) is 6.43. The Bertz CT molecular complexity index is 1990. The van der Waals surface area contributed by atoms with E-state index in [1.165, 1.54) is 51.5 Å². The lowest BCUT2D eigenvalue weighted by molar-refractivity contribution is -0.384. The predicted molar refractivity (Wildman–Crippen MR) is 263 cm³/mol. The van der Waals surface area contributed by atoms with E-state index in [1.54, 1.807) is 59.7 Å². The van der Waals surface area contributed by atoms with Crippen LogP contribution >= 0.6 is 0 Å². The number of ketones is 1. The highest BCUT2D eigenvalue weighted by atomic mass is 16.7. The molecule has 0 bridgehead atoms. The second-order valence-electron chi connectivity index (χ2n) is 20.7. The highest BCUT2D eigenvalue weighted by Crippen LogP contribution is 2.38. The molecule has 3 fully saturated rings. The molecule has 21 nitrogen and oxygen atoms in total. The summed E-state index contributed by atoms with van der Waals surface area (Å²) in [5.41, 5.74) is -0.951. The zero-order valence-electron chi connectivity index (χ0n) is 44.4. The minimum atomic E-state index is -1.51. The first kappa shape index (κ1) is 60.3. The van der Waals surface area contributed by atoms with Gasteiger partial charge in [0.2, 0.25) is 0 Å². The van der Waals surface area contributed by atoms with E-state index in [0.29, 0.717) is 17.7 Å². The molecular weight excluding hydrogens is 957 g/mol. The van der Waals surface area contributed by atoms with Crippen molar-refractivity contribution in [2.24, 2.45) is 23.7 Å². The summed E-state index contributed by atoms with van der Waals surface area (Å²) in [6, 6.07) is 4.84. The number of methoxy groups -OCH3 is 2. The van der Waals surface area contributed by atoms with Crippen molar-refractivity contribution >= 4 is 17.4 Å². The molecule has 4 aliphatic rings. The van der Waals surface area contributed by atoms with E-state index in [1.807, 2.05) is 19.9 Å². The monoisotopic (exact) mass is 1040 g/mol. The Morgan fingerprint density at radius 1 is 0.849 bits per heavy atom. The maximum atomic E-state index is 14.1. The van der Waals surface area contributed by atoms with Crippen LogP contribution in [-0.4, -0.2) is 192 Å². The van der Waals surface area contributed by atoms with E-state index < -0.39 is 145 Å². The molecule has 3 saturated heterocycles. The lowest BCUT2D eigenvalue weighted by atomic mass is 9.79. The van der Waals surface area contributed by atoms with Gasteiger partial charge < -0.3 is 77.8 Å². The third-order valence-electron chi connectivity index (χ3n) is 14.8. The molecule has 73 heavy (non-hydrogen) atoms. The van der Waals surface area contributed by atoms with E-state index >= 15 is 0 Å². The van der Waals surface area contributed by atoms with Gasteiger partial charge in [0.1, 0.15) is 48.5 Å². The molecule has 5 rings (SSSR count). The quantitative estimate of drug-likeness (QED) is 0.0898. The van der Waals surface area contributed by atoms with Crippen molar-refractivity contribution < 1.29 is 87.4 Å². The fourth-order valence-corrected chi connectivity index (χ4v) is 10.4. The lowest BCUT2D eigenvalue weighted by Crippen LogP contribution is -2.65. The largest absolute Gasteiger partial charge is 0.494 e. The normalized spacial score (nSPS) is 41.6. The van der Waals surface area contributed by atoms with Crippen LogP contribution in [0.3, 0.4) is 0 Å². The molecule has 0 spiro atoms. The average molecular weight is 1040 g/mol. The molecule has 0 saturated carbocycles. The van der Waals surface area contributed by atoms with Gasteiger partial charge in [-0.05, 0) is 92.1 Å². The van der Waals surface area contributed by atoms with Crippen LogP contribution in [0.1, 0.15) is 87.5 Å². The number of allylic oxidation sites excluding steroid dienone is 3. The molecule has 1 aromatic rings. The highest BCUT2D eigenvalue weighted by molar-refractivity contribution is 5.91. The lowest BCUT2D eigenvalue weighted by Gasteiger charge is -2.50. The maximum absolute atomic E-state index is 14.1. The van der Waals surface area contributed by atoms with Gasteiger partial charge in [-0.15, -0.1) is 0 Å². The van der Waals surface area contributed by atoms with Crippen LogP contribution < -0.4 is 4.74 Å². The number of hydrogen-bond donors (Lipinski definition) is 5. The SMILES string of the molecule is CC[C@H]1OC(=O)C[C@@H](O)[C@H](C)[C@@H](O[C@@H]2O[C@H](C)[C@@H](O[C@H]3C[C@@](C)(O)[C@@H](O)[C@H](C)O3)[C@H](N(C)C)[C@H]2O)[C@@H](CCOc2ccc([N+](=O)[O-])cc2)C[C@@H](C)C(=O)/C=C/C(C)=C/[C@@H]1CO[C@@H]1O[C@H](C)[C@@H](O)[C@@H](OC)[C@H]1OC. The minimum Gasteiger partial charge on any atom is -0.494 e. The van der Waals surface area contributed by atoms with Gasteiger partial charge in [0.05, 0.1) is 66.7 Å². The van der Waals surface area contributed by atoms with Crippen LogP contribution in [0.15, 0.2) is 48.1 Å². The summed E-state index contributed by atoms with van der Waals surface area (Å²) in [6.45, 7) is 13.7. The summed E-state index contributed by atoms with van der Waals surface area (Å²) in [5, 5.41) is 67.9. The molecule has 5 N–H and O–H groups in total. The number of rotatable bonds is 16. The number of carbonyl (C=O) groups is 2. The number of non-ortho nitro benzene ring substituents is 1. The second-order valence-corrected chi connectivity index (χ2v) is 20.7. The Kier molecular flexibility index (Phi) is 22.3. The van der Waals surface area contributed by atoms with Crippen molar-refractivity contribution in [2.75, 3.05) is 41.5 Å². The number of aliphatic hydroxyl groups is 5. The Morgan fingerprint density at radius 3 is 2.11 bits per heavy atom. The van der Waals surface area contributed by atoms with Crippen molar-refractivity contribution in [3.8, 4) is 5.75 Å². The van der Waals surface area contributed by atoms with E-state index in [2.05, 4.69) is 0 Å². The third-order valence-corrected chi connectivity index (χ3v) is 14.8. The molecule has 0 amide bonds. The number of esters is 1.